The van der Waals surface area contributed by atoms with Crippen molar-refractivity contribution in [3.63, 3.8) is 0 Å². The largest absolute Gasteiger partial charge is 0.489 e. The van der Waals surface area contributed by atoms with Crippen molar-refractivity contribution < 1.29 is 17.5 Å². The quantitative estimate of drug-likeness (QED) is 0.818. The molecule has 0 bridgehead atoms. The maximum atomic E-state index is 13.4. The van der Waals surface area contributed by atoms with Crippen LogP contribution in [0.3, 0.4) is 0 Å². The fraction of sp³-hybridized carbons (Fsp3) is 0.571. The third kappa shape index (κ3) is 4.94. The van der Waals surface area contributed by atoms with E-state index >= 15 is 0 Å². The number of sulfonamides is 1. The molecule has 118 valence electrons. The Morgan fingerprint density at radius 3 is 2.67 bits per heavy atom. The van der Waals surface area contributed by atoms with E-state index in [1.54, 1.807) is 18.2 Å². The van der Waals surface area contributed by atoms with Gasteiger partial charge in [0.25, 0.3) is 0 Å². The Labute approximate surface area is 125 Å². The summed E-state index contributed by atoms with van der Waals surface area (Å²) in [6.45, 7) is 3.61. The number of ether oxygens (including phenoxy) is 1. The lowest BCUT2D eigenvalue weighted by Crippen LogP contribution is -2.35. The van der Waals surface area contributed by atoms with Crippen LogP contribution in [0.15, 0.2) is 24.3 Å². The van der Waals surface area contributed by atoms with Gasteiger partial charge >= 0.3 is 0 Å². The molecule has 0 unspecified atom stereocenters. The van der Waals surface area contributed by atoms with Gasteiger partial charge in [-0.15, -0.1) is 0 Å². The highest BCUT2D eigenvalue weighted by atomic mass is 32.2. The van der Waals surface area contributed by atoms with E-state index in [2.05, 4.69) is 4.90 Å². The van der Waals surface area contributed by atoms with Crippen LogP contribution in [0.4, 0.5) is 4.39 Å². The fourth-order valence-corrected chi connectivity index (χ4v) is 3.22. The molecule has 1 saturated heterocycles. The average molecular weight is 316 g/mol. The summed E-state index contributed by atoms with van der Waals surface area (Å²) in [6.07, 6.45) is 2.04. The number of rotatable bonds is 5. The minimum absolute atomic E-state index is 0.255. The van der Waals surface area contributed by atoms with Gasteiger partial charge in [0.2, 0.25) is 10.0 Å². The summed E-state index contributed by atoms with van der Waals surface area (Å²) in [7, 11) is -3.12. The molecule has 0 radical (unpaired) electrons. The van der Waals surface area contributed by atoms with Gasteiger partial charge in [0.1, 0.15) is 6.61 Å². The Morgan fingerprint density at radius 2 is 1.95 bits per heavy atom. The zero-order valence-corrected chi connectivity index (χ0v) is 13.0. The highest BCUT2D eigenvalue weighted by Gasteiger charge is 2.21. The minimum atomic E-state index is -3.12. The lowest BCUT2D eigenvalue weighted by Gasteiger charge is -2.20. The Bertz CT molecular complexity index is 565. The van der Waals surface area contributed by atoms with Crippen LogP contribution < -0.4 is 4.74 Å². The summed E-state index contributed by atoms with van der Waals surface area (Å²) in [5.74, 6) is -0.110. The van der Waals surface area contributed by atoms with Crippen molar-refractivity contribution in [3.05, 3.63) is 30.1 Å². The summed E-state index contributed by atoms with van der Waals surface area (Å²) >= 11 is 0. The van der Waals surface area contributed by atoms with E-state index in [1.165, 1.54) is 16.6 Å². The van der Waals surface area contributed by atoms with Crippen LogP contribution in [-0.4, -0.2) is 63.2 Å². The van der Waals surface area contributed by atoms with Crippen molar-refractivity contribution in [2.75, 3.05) is 45.6 Å². The van der Waals surface area contributed by atoms with Gasteiger partial charge in [-0.25, -0.2) is 17.1 Å². The molecule has 21 heavy (non-hydrogen) atoms. The van der Waals surface area contributed by atoms with Gasteiger partial charge in [0, 0.05) is 26.2 Å². The van der Waals surface area contributed by atoms with Crippen molar-refractivity contribution in [2.24, 2.45) is 0 Å². The van der Waals surface area contributed by atoms with E-state index in [0.29, 0.717) is 32.8 Å². The average Bonchev–Trinajstić information content (AvgIpc) is 2.66. The summed E-state index contributed by atoms with van der Waals surface area (Å²) in [5.41, 5.74) is 0. The highest BCUT2D eigenvalue weighted by molar-refractivity contribution is 7.88. The Hall–Kier alpha value is -1.18. The molecule has 1 fully saturated rings. The van der Waals surface area contributed by atoms with Crippen molar-refractivity contribution in [3.8, 4) is 5.75 Å². The normalized spacial score (nSPS) is 18.4. The lowest BCUT2D eigenvalue weighted by atomic mass is 10.3. The Morgan fingerprint density at radius 1 is 1.19 bits per heavy atom. The monoisotopic (exact) mass is 316 g/mol. The van der Waals surface area contributed by atoms with Crippen LogP contribution in [0.1, 0.15) is 6.42 Å². The number of para-hydroxylation sites is 1. The highest BCUT2D eigenvalue weighted by Crippen LogP contribution is 2.15. The van der Waals surface area contributed by atoms with Gasteiger partial charge in [0.15, 0.2) is 11.6 Å². The Balaban J connectivity index is 1.78. The SMILES string of the molecule is CS(=O)(=O)N1CCCN(CCOc2ccccc2F)CC1. The molecule has 1 aliphatic heterocycles. The first-order valence-electron chi connectivity index (χ1n) is 7.01. The molecule has 0 spiro atoms. The zero-order chi connectivity index (χ0) is 15.3. The maximum Gasteiger partial charge on any atom is 0.211 e. The van der Waals surface area contributed by atoms with E-state index in [0.717, 1.165) is 13.0 Å². The summed E-state index contributed by atoms with van der Waals surface area (Å²) in [4.78, 5) is 2.14. The molecule has 0 amide bonds. The molecule has 1 aromatic rings. The number of hydrogen-bond donors (Lipinski definition) is 0. The van der Waals surface area contributed by atoms with Crippen molar-refractivity contribution >= 4 is 10.0 Å². The molecule has 0 aromatic heterocycles. The number of nitrogens with zero attached hydrogens (tertiary/aromatic N) is 2. The van der Waals surface area contributed by atoms with Gasteiger partial charge in [-0.1, -0.05) is 12.1 Å². The van der Waals surface area contributed by atoms with Gasteiger partial charge in [-0.2, -0.15) is 0 Å². The van der Waals surface area contributed by atoms with Crippen LogP contribution in [0, 0.1) is 5.82 Å². The molecule has 1 aromatic carbocycles. The second kappa shape index (κ2) is 7.20. The van der Waals surface area contributed by atoms with E-state index in [4.69, 9.17) is 4.74 Å². The predicted molar refractivity (Wildman–Crippen MR) is 79.4 cm³/mol. The third-order valence-corrected chi connectivity index (χ3v) is 4.82. The molecule has 2 rings (SSSR count). The molecule has 0 N–H and O–H groups in total. The smallest absolute Gasteiger partial charge is 0.211 e. The second-order valence-corrected chi connectivity index (χ2v) is 7.12. The molecule has 7 heteroatoms. The third-order valence-electron chi connectivity index (χ3n) is 3.52. The summed E-state index contributed by atoms with van der Waals surface area (Å²) < 4.78 is 43.4. The molecule has 5 nitrogen and oxygen atoms in total. The topological polar surface area (TPSA) is 49.9 Å². The molecule has 0 aliphatic carbocycles. The minimum Gasteiger partial charge on any atom is -0.489 e. The van der Waals surface area contributed by atoms with Crippen LogP contribution >= 0.6 is 0 Å². The van der Waals surface area contributed by atoms with Crippen molar-refractivity contribution in [1.82, 2.24) is 9.21 Å². The molecule has 0 saturated carbocycles. The lowest BCUT2D eigenvalue weighted by molar-refractivity contribution is 0.211. The molecule has 0 atom stereocenters. The number of halogens is 1. The van der Waals surface area contributed by atoms with Crippen LogP contribution in [-0.2, 0) is 10.0 Å². The summed E-state index contributed by atoms with van der Waals surface area (Å²) in [6, 6.07) is 6.32. The zero-order valence-electron chi connectivity index (χ0n) is 12.2. The summed E-state index contributed by atoms with van der Waals surface area (Å²) in [5, 5.41) is 0. The van der Waals surface area contributed by atoms with Gasteiger partial charge < -0.3 is 4.74 Å². The van der Waals surface area contributed by atoms with Crippen molar-refractivity contribution in [2.45, 2.75) is 6.42 Å². The first-order valence-corrected chi connectivity index (χ1v) is 8.86. The van der Waals surface area contributed by atoms with E-state index in [1.807, 2.05) is 0 Å². The van der Waals surface area contributed by atoms with Crippen molar-refractivity contribution in [1.29, 1.82) is 0 Å². The first kappa shape index (κ1) is 16.2. The van der Waals surface area contributed by atoms with E-state index < -0.39 is 10.0 Å². The molecular formula is C14H21FN2O3S. The molecule has 1 aliphatic rings. The maximum absolute atomic E-state index is 13.4. The first-order chi connectivity index (χ1) is 9.97. The van der Waals surface area contributed by atoms with E-state index in [-0.39, 0.29) is 11.6 Å². The Kier molecular flexibility index (Phi) is 5.55. The van der Waals surface area contributed by atoms with Gasteiger partial charge in [-0.3, -0.25) is 4.90 Å². The number of hydrogen-bond acceptors (Lipinski definition) is 4. The second-order valence-electron chi connectivity index (χ2n) is 5.14. The molecule has 1 heterocycles. The molecular weight excluding hydrogens is 295 g/mol. The van der Waals surface area contributed by atoms with Gasteiger partial charge in [-0.05, 0) is 25.1 Å². The van der Waals surface area contributed by atoms with Crippen LogP contribution in [0.5, 0.6) is 5.75 Å². The fourth-order valence-electron chi connectivity index (χ4n) is 2.35. The van der Waals surface area contributed by atoms with Crippen LogP contribution in [0.25, 0.3) is 0 Å². The van der Waals surface area contributed by atoms with Gasteiger partial charge in [0.05, 0.1) is 6.26 Å². The number of benzene rings is 1. The van der Waals surface area contributed by atoms with Crippen LogP contribution in [0.2, 0.25) is 0 Å². The predicted octanol–water partition coefficient (Wildman–Crippen LogP) is 1.17. The standard InChI is InChI=1S/C14H21FN2O3S/c1-21(18,19)17-8-4-7-16(9-10-17)11-12-20-14-6-3-2-5-13(14)15/h2-3,5-6H,4,7-12H2,1H3. The van der Waals surface area contributed by atoms with E-state index in [9.17, 15) is 12.8 Å².